The van der Waals surface area contributed by atoms with E-state index in [2.05, 4.69) is 5.32 Å². The van der Waals surface area contributed by atoms with Gasteiger partial charge in [-0.1, -0.05) is 13.3 Å². The highest BCUT2D eigenvalue weighted by Crippen LogP contribution is 2.51. The zero-order chi connectivity index (χ0) is 25.5. The molecule has 2 amide bonds. The molecule has 0 radical (unpaired) electrons. The van der Waals surface area contributed by atoms with Crippen LogP contribution in [0.4, 0.5) is 0 Å². The molecule has 0 spiro atoms. The van der Waals surface area contributed by atoms with Crippen molar-refractivity contribution in [3.8, 4) is 11.5 Å². The summed E-state index contributed by atoms with van der Waals surface area (Å²) in [4.78, 5) is 39.3. The van der Waals surface area contributed by atoms with Crippen molar-refractivity contribution in [3.05, 3.63) is 34.9 Å². The second-order valence-electron chi connectivity index (χ2n) is 8.59. The predicted molar refractivity (Wildman–Crippen MR) is 127 cm³/mol. The van der Waals surface area contributed by atoms with E-state index in [0.717, 1.165) is 6.42 Å². The minimum absolute atomic E-state index is 0.0367. The van der Waals surface area contributed by atoms with Gasteiger partial charge in [0, 0.05) is 43.3 Å². The van der Waals surface area contributed by atoms with E-state index in [0.29, 0.717) is 41.8 Å². The first-order valence-electron chi connectivity index (χ1n) is 11.8. The fraction of sp³-hybridized carbons (Fsp3) is 0.560. The molecule has 35 heavy (non-hydrogen) atoms. The number of methoxy groups -OCH3 is 2. The Morgan fingerprint density at radius 2 is 2.06 bits per heavy atom. The molecular formula is C25H34N2O8. The number of carbonyl (C=O) groups is 3. The molecule has 192 valence electrons. The standard InChI is InChI=1S/C25H34N2O8/c1-4-5-6-20(30)27(8-10-33-2)18-13-17(25(32)26-7-9-28)21-16-11-15(14-29)12-19(34-3)23(16)35-24(21)22(18)31/h11-14,18,21-22,24,28,31H,4-10H2,1-3H3,(H,26,32). The lowest BCUT2D eigenvalue weighted by atomic mass is 9.77. The van der Waals surface area contributed by atoms with Crippen LogP contribution in [0.1, 0.15) is 48.0 Å². The van der Waals surface area contributed by atoms with Gasteiger partial charge in [0.05, 0.1) is 32.3 Å². The molecule has 0 fully saturated rings. The molecule has 1 aliphatic carbocycles. The SMILES string of the molecule is CCCCC(=O)N(CCOC)C1C=C(C(=O)NCCO)C2c3cc(C=O)cc(OC)c3OC2C1O. The van der Waals surface area contributed by atoms with Crippen LogP contribution in [0.15, 0.2) is 23.8 Å². The van der Waals surface area contributed by atoms with Gasteiger partial charge < -0.3 is 34.6 Å². The Bertz CT molecular complexity index is 963. The summed E-state index contributed by atoms with van der Waals surface area (Å²) in [6.45, 7) is 2.26. The topological polar surface area (TPSA) is 135 Å². The number of nitrogens with zero attached hydrogens (tertiary/aromatic N) is 1. The highest BCUT2D eigenvalue weighted by Gasteiger charge is 2.51. The average molecular weight is 491 g/mol. The van der Waals surface area contributed by atoms with Gasteiger partial charge in [-0.25, -0.2) is 0 Å². The molecule has 3 N–H and O–H groups in total. The number of fused-ring (bicyclic) bond motifs is 3. The molecule has 10 nitrogen and oxygen atoms in total. The van der Waals surface area contributed by atoms with Crippen LogP contribution in [0.2, 0.25) is 0 Å². The van der Waals surface area contributed by atoms with Crippen molar-refractivity contribution in [1.29, 1.82) is 0 Å². The first kappa shape index (κ1) is 26.7. The summed E-state index contributed by atoms with van der Waals surface area (Å²) in [6, 6.07) is 2.31. The third-order valence-electron chi connectivity index (χ3n) is 6.37. The molecule has 2 aliphatic rings. The van der Waals surface area contributed by atoms with E-state index in [1.54, 1.807) is 12.1 Å². The first-order valence-corrected chi connectivity index (χ1v) is 11.8. The van der Waals surface area contributed by atoms with E-state index >= 15 is 0 Å². The highest BCUT2D eigenvalue weighted by molar-refractivity contribution is 5.96. The van der Waals surface area contributed by atoms with E-state index in [1.807, 2.05) is 6.92 Å². The fourth-order valence-corrected chi connectivity index (χ4v) is 4.66. The quantitative estimate of drug-likeness (QED) is 0.366. The lowest BCUT2D eigenvalue weighted by Gasteiger charge is -2.40. The largest absolute Gasteiger partial charge is 0.493 e. The fourth-order valence-electron chi connectivity index (χ4n) is 4.66. The molecule has 10 heteroatoms. The number of nitrogens with one attached hydrogen (secondary N) is 1. The number of benzene rings is 1. The van der Waals surface area contributed by atoms with E-state index in [1.165, 1.54) is 25.2 Å². The summed E-state index contributed by atoms with van der Waals surface area (Å²) in [5.74, 6) is -0.652. The molecule has 1 heterocycles. The van der Waals surface area contributed by atoms with Crippen molar-refractivity contribution >= 4 is 18.1 Å². The van der Waals surface area contributed by atoms with Crippen molar-refractivity contribution in [2.24, 2.45) is 0 Å². The molecule has 1 aromatic carbocycles. The summed E-state index contributed by atoms with van der Waals surface area (Å²) >= 11 is 0. The van der Waals surface area contributed by atoms with Crippen LogP contribution in [-0.4, -0.2) is 92.0 Å². The molecule has 0 bridgehead atoms. The maximum absolute atomic E-state index is 13.2. The van der Waals surface area contributed by atoms with Crippen LogP contribution in [-0.2, 0) is 14.3 Å². The molecule has 4 atom stereocenters. The average Bonchev–Trinajstić information content (AvgIpc) is 3.26. The second kappa shape index (κ2) is 12.1. The second-order valence-corrected chi connectivity index (χ2v) is 8.59. The lowest BCUT2D eigenvalue weighted by molar-refractivity contribution is -0.138. The van der Waals surface area contributed by atoms with Gasteiger partial charge in [0.2, 0.25) is 11.8 Å². The molecule has 0 aromatic heterocycles. The van der Waals surface area contributed by atoms with Gasteiger partial charge >= 0.3 is 0 Å². The van der Waals surface area contributed by atoms with Gasteiger partial charge in [0.1, 0.15) is 18.5 Å². The number of aliphatic hydroxyl groups excluding tert-OH is 2. The normalized spacial score (nSPS) is 22.4. The summed E-state index contributed by atoms with van der Waals surface area (Å²) in [6.07, 6.45) is 2.04. The maximum atomic E-state index is 13.2. The number of hydrogen-bond donors (Lipinski definition) is 3. The van der Waals surface area contributed by atoms with E-state index < -0.39 is 30.1 Å². The number of hydrogen-bond acceptors (Lipinski definition) is 8. The molecule has 4 unspecified atom stereocenters. The summed E-state index contributed by atoms with van der Waals surface area (Å²) in [5.41, 5.74) is 1.17. The predicted octanol–water partition coefficient (Wildman–Crippen LogP) is 0.796. The molecule has 0 saturated carbocycles. The number of aldehydes is 1. The Labute approximate surface area is 204 Å². The summed E-state index contributed by atoms with van der Waals surface area (Å²) < 4.78 is 16.7. The smallest absolute Gasteiger partial charge is 0.247 e. The minimum atomic E-state index is -1.16. The zero-order valence-corrected chi connectivity index (χ0v) is 20.4. The van der Waals surface area contributed by atoms with Crippen molar-refractivity contribution in [1.82, 2.24) is 10.2 Å². The Balaban J connectivity index is 2.09. The van der Waals surface area contributed by atoms with Crippen LogP contribution in [0, 0.1) is 0 Å². The van der Waals surface area contributed by atoms with E-state index in [9.17, 15) is 24.6 Å². The molecule has 1 aromatic rings. The summed E-state index contributed by atoms with van der Waals surface area (Å²) in [7, 11) is 2.97. The lowest BCUT2D eigenvalue weighted by Crippen LogP contribution is -2.56. The Kier molecular flexibility index (Phi) is 9.25. The zero-order valence-electron chi connectivity index (χ0n) is 20.4. The van der Waals surface area contributed by atoms with Crippen molar-refractivity contribution in [3.63, 3.8) is 0 Å². The van der Waals surface area contributed by atoms with Crippen LogP contribution in [0.5, 0.6) is 11.5 Å². The Morgan fingerprint density at radius 1 is 1.29 bits per heavy atom. The third-order valence-corrected chi connectivity index (χ3v) is 6.37. The monoisotopic (exact) mass is 490 g/mol. The Morgan fingerprint density at radius 3 is 2.69 bits per heavy atom. The van der Waals surface area contributed by atoms with Gasteiger partial charge in [0.25, 0.3) is 0 Å². The number of carbonyl (C=O) groups excluding carboxylic acids is 3. The Hall–Kier alpha value is -2.95. The number of aliphatic hydroxyl groups is 2. The van der Waals surface area contributed by atoms with E-state index in [-0.39, 0.29) is 37.8 Å². The third kappa shape index (κ3) is 5.50. The molecule has 0 saturated heterocycles. The molecule has 3 rings (SSSR count). The van der Waals surface area contributed by atoms with Gasteiger partial charge in [-0.15, -0.1) is 0 Å². The van der Waals surface area contributed by atoms with Crippen LogP contribution in [0.3, 0.4) is 0 Å². The highest BCUT2D eigenvalue weighted by atomic mass is 16.5. The maximum Gasteiger partial charge on any atom is 0.247 e. The van der Waals surface area contributed by atoms with E-state index in [4.69, 9.17) is 14.2 Å². The number of unbranched alkanes of at least 4 members (excludes halogenated alkanes) is 1. The van der Waals surface area contributed by atoms with Gasteiger partial charge in [0.15, 0.2) is 11.5 Å². The van der Waals surface area contributed by atoms with Crippen LogP contribution < -0.4 is 14.8 Å². The summed E-state index contributed by atoms with van der Waals surface area (Å²) in [5, 5.41) is 23.3. The van der Waals surface area contributed by atoms with Gasteiger partial charge in [-0.2, -0.15) is 0 Å². The number of amides is 2. The number of rotatable bonds is 12. The van der Waals surface area contributed by atoms with Gasteiger partial charge in [-0.3, -0.25) is 14.4 Å². The van der Waals surface area contributed by atoms with Crippen molar-refractivity contribution in [2.75, 3.05) is 40.5 Å². The first-order chi connectivity index (χ1) is 16.9. The van der Waals surface area contributed by atoms with Gasteiger partial charge in [-0.05, 0) is 24.6 Å². The van der Waals surface area contributed by atoms with Crippen molar-refractivity contribution in [2.45, 2.75) is 50.4 Å². The number of ether oxygens (including phenoxy) is 3. The van der Waals surface area contributed by atoms with Crippen LogP contribution >= 0.6 is 0 Å². The molecular weight excluding hydrogens is 456 g/mol. The minimum Gasteiger partial charge on any atom is -0.493 e. The van der Waals surface area contributed by atoms with Crippen LogP contribution in [0.25, 0.3) is 0 Å². The van der Waals surface area contributed by atoms with Crippen molar-refractivity contribution < 1.29 is 38.8 Å². The molecule has 1 aliphatic heterocycles.